The van der Waals surface area contributed by atoms with Crippen molar-refractivity contribution >= 4 is 5.91 Å². The Kier molecular flexibility index (Phi) is 3.96. The predicted octanol–water partition coefficient (Wildman–Crippen LogP) is 3.18. The molecular weight excluding hydrogens is 248 g/mol. The van der Waals surface area contributed by atoms with Gasteiger partial charge in [-0.05, 0) is 42.9 Å². The Labute approximate surface area is 124 Å². The average Bonchev–Trinajstić information content (AvgIpc) is 2.61. The van der Waals surface area contributed by atoms with E-state index in [4.69, 9.17) is 5.73 Å². The lowest BCUT2D eigenvalue weighted by Gasteiger charge is -2.40. The zero-order valence-corrected chi connectivity index (χ0v) is 14.0. The van der Waals surface area contributed by atoms with Crippen molar-refractivity contribution in [2.45, 2.75) is 72.8 Å². The van der Waals surface area contributed by atoms with Gasteiger partial charge in [0.25, 0.3) is 0 Å². The molecule has 20 heavy (non-hydrogen) atoms. The van der Waals surface area contributed by atoms with Crippen molar-refractivity contribution in [3.05, 3.63) is 0 Å². The molecule has 2 rings (SSSR count). The summed E-state index contributed by atoms with van der Waals surface area (Å²) in [5.41, 5.74) is 6.30. The fraction of sp³-hybridized carbons (Fsp3) is 0.941. The molecule has 1 amide bonds. The monoisotopic (exact) mass is 280 g/mol. The number of nitrogens with zero attached hydrogens (tertiary/aromatic N) is 1. The van der Waals surface area contributed by atoms with E-state index in [-0.39, 0.29) is 5.41 Å². The molecule has 0 aromatic carbocycles. The van der Waals surface area contributed by atoms with Gasteiger partial charge in [-0.15, -0.1) is 0 Å². The van der Waals surface area contributed by atoms with Gasteiger partial charge in [0, 0.05) is 19.1 Å². The number of likely N-dealkylation sites (tertiary alicyclic amines) is 1. The molecule has 0 spiro atoms. The van der Waals surface area contributed by atoms with Crippen molar-refractivity contribution in [3.8, 4) is 0 Å². The van der Waals surface area contributed by atoms with E-state index in [0.29, 0.717) is 29.3 Å². The minimum Gasteiger partial charge on any atom is -0.339 e. The highest BCUT2D eigenvalue weighted by Gasteiger charge is 2.53. The van der Waals surface area contributed by atoms with Crippen LogP contribution in [-0.4, -0.2) is 29.9 Å². The standard InChI is InChI=1S/C17H32N2O/c1-6-17(7-2,11-18)14(20)19-12-16(5)9-13(19)8-15(3,4)10-16/h13H,6-12,18H2,1-5H3. The van der Waals surface area contributed by atoms with Gasteiger partial charge >= 0.3 is 0 Å². The number of amides is 1. The van der Waals surface area contributed by atoms with E-state index in [9.17, 15) is 4.79 Å². The van der Waals surface area contributed by atoms with Crippen LogP contribution in [0.1, 0.15) is 66.7 Å². The van der Waals surface area contributed by atoms with E-state index in [2.05, 4.69) is 39.5 Å². The van der Waals surface area contributed by atoms with Crippen LogP contribution in [0, 0.1) is 16.2 Å². The first kappa shape index (κ1) is 15.8. The van der Waals surface area contributed by atoms with Crippen molar-refractivity contribution in [2.75, 3.05) is 13.1 Å². The third-order valence-electron chi connectivity index (χ3n) is 5.87. The van der Waals surface area contributed by atoms with Crippen molar-refractivity contribution in [1.29, 1.82) is 0 Å². The molecule has 3 heteroatoms. The van der Waals surface area contributed by atoms with E-state index >= 15 is 0 Å². The largest absolute Gasteiger partial charge is 0.339 e. The number of carbonyl (C=O) groups is 1. The maximum atomic E-state index is 13.1. The Morgan fingerprint density at radius 2 is 1.85 bits per heavy atom. The predicted molar refractivity (Wildman–Crippen MR) is 83.3 cm³/mol. The number of carbonyl (C=O) groups excluding carboxylic acids is 1. The number of hydrogen-bond acceptors (Lipinski definition) is 2. The maximum Gasteiger partial charge on any atom is 0.230 e. The molecule has 3 nitrogen and oxygen atoms in total. The van der Waals surface area contributed by atoms with Crippen molar-refractivity contribution in [3.63, 3.8) is 0 Å². The first-order chi connectivity index (χ1) is 9.21. The van der Waals surface area contributed by atoms with E-state index in [1.54, 1.807) is 0 Å². The van der Waals surface area contributed by atoms with E-state index < -0.39 is 0 Å². The zero-order valence-electron chi connectivity index (χ0n) is 14.0. The van der Waals surface area contributed by atoms with Crippen LogP contribution in [0.15, 0.2) is 0 Å². The van der Waals surface area contributed by atoms with E-state index in [1.807, 2.05) is 0 Å². The van der Waals surface area contributed by atoms with Gasteiger partial charge in [-0.1, -0.05) is 34.6 Å². The van der Waals surface area contributed by atoms with Gasteiger partial charge in [0.2, 0.25) is 5.91 Å². The fourth-order valence-electron chi connectivity index (χ4n) is 4.93. The lowest BCUT2D eigenvalue weighted by Crippen LogP contribution is -2.49. The molecule has 2 fully saturated rings. The molecular formula is C17H32N2O. The SMILES string of the molecule is CCC(CC)(CN)C(=O)N1CC2(C)CC1CC(C)(C)C2. The van der Waals surface area contributed by atoms with Gasteiger partial charge in [0.1, 0.15) is 0 Å². The lowest BCUT2D eigenvalue weighted by atomic mass is 9.65. The summed E-state index contributed by atoms with van der Waals surface area (Å²) < 4.78 is 0. The van der Waals surface area contributed by atoms with Crippen LogP contribution in [0.25, 0.3) is 0 Å². The summed E-state index contributed by atoms with van der Waals surface area (Å²) in [7, 11) is 0. The summed E-state index contributed by atoms with van der Waals surface area (Å²) in [6.07, 6.45) is 5.25. The lowest BCUT2D eigenvalue weighted by molar-refractivity contribution is -0.143. The Morgan fingerprint density at radius 1 is 1.25 bits per heavy atom. The van der Waals surface area contributed by atoms with Crippen LogP contribution >= 0.6 is 0 Å². The third-order valence-corrected chi connectivity index (χ3v) is 5.87. The average molecular weight is 280 g/mol. The highest BCUT2D eigenvalue weighted by molar-refractivity contribution is 5.83. The molecule has 2 aliphatic rings. The fourth-order valence-corrected chi connectivity index (χ4v) is 4.93. The maximum absolute atomic E-state index is 13.1. The number of fused-ring (bicyclic) bond motifs is 2. The molecule has 2 atom stereocenters. The highest BCUT2D eigenvalue weighted by Crippen LogP contribution is 2.53. The second-order valence-corrected chi connectivity index (χ2v) is 8.34. The molecule has 0 aromatic rings. The van der Waals surface area contributed by atoms with Crippen LogP contribution in [-0.2, 0) is 4.79 Å². The molecule has 1 aliphatic heterocycles. The Bertz CT molecular complexity index is 378. The van der Waals surface area contributed by atoms with Crippen LogP contribution < -0.4 is 5.73 Å². The summed E-state index contributed by atoms with van der Waals surface area (Å²) in [6.45, 7) is 12.7. The van der Waals surface area contributed by atoms with Gasteiger partial charge in [-0.3, -0.25) is 4.79 Å². The quantitative estimate of drug-likeness (QED) is 0.859. The summed E-state index contributed by atoms with van der Waals surface area (Å²) in [6, 6.07) is 0.431. The van der Waals surface area contributed by atoms with Gasteiger partial charge in [-0.25, -0.2) is 0 Å². The Balaban J connectivity index is 2.25. The normalized spacial score (nSPS) is 32.5. The molecule has 1 heterocycles. The molecule has 1 saturated carbocycles. The smallest absolute Gasteiger partial charge is 0.230 e. The number of hydrogen-bond donors (Lipinski definition) is 1. The van der Waals surface area contributed by atoms with Crippen molar-refractivity contribution < 1.29 is 4.79 Å². The Hall–Kier alpha value is -0.570. The molecule has 0 aromatic heterocycles. The van der Waals surface area contributed by atoms with Crippen molar-refractivity contribution in [2.24, 2.45) is 22.0 Å². The van der Waals surface area contributed by atoms with Gasteiger partial charge in [0.05, 0.1) is 5.41 Å². The highest BCUT2D eigenvalue weighted by atomic mass is 16.2. The van der Waals surface area contributed by atoms with Crippen LogP contribution in [0.2, 0.25) is 0 Å². The zero-order chi connectivity index (χ0) is 15.2. The molecule has 2 N–H and O–H groups in total. The third kappa shape index (κ3) is 2.49. The summed E-state index contributed by atoms with van der Waals surface area (Å²) in [5.74, 6) is 0.316. The molecule has 116 valence electrons. The number of nitrogens with two attached hydrogens (primary N) is 1. The minimum atomic E-state index is -0.335. The number of rotatable bonds is 4. The second-order valence-electron chi connectivity index (χ2n) is 8.34. The molecule has 1 aliphatic carbocycles. The molecule has 1 saturated heterocycles. The van der Waals surface area contributed by atoms with E-state index in [1.165, 1.54) is 12.8 Å². The van der Waals surface area contributed by atoms with Gasteiger partial charge < -0.3 is 10.6 Å². The first-order valence-corrected chi connectivity index (χ1v) is 8.22. The van der Waals surface area contributed by atoms with Gasteiger partial charge in [0.15, 0.2) is 0 Å². The second kappa shape index (κ2) is 5.01. The minimum absolute atomic E-state index is 0.309. The summed E-state index contributed by atoms with van der Waals surface area (Å²) in [5, 5.41) is 0. The van der Waals surface area contributed by atoms with Crippen molar-refractivity contribution in [1.82, 2.24) is 4.90 Å². The van der Waals surface area contributed by atoms with Gasteiger partial charge in [-0.2, -0.15) is 0 Å². The first-order valence-electron chi connectivity index (χ1n) is 8.22. The topological polar surface area (TPSA) is 46.3 Å². The summed E-state index contributed by atoms with van der Waals surface area (Å²) >= 11 is 0. The molecule has 2 bridgehead atoms. The molecule has 0 radical (unpaired) electrons. The molecule has 2 unspecified atom stereocenters. The van der Waals surface area contributed by atoms with Crippen LogP contribution in [0.4, 0.5) is 0 Å². The Morgan fingerprint density at radius 3 is 2.35 bits per heavy atom. The summed E-state index contributed by atoms with van der Waals surface area (Å²) in [4.78, 5) is 15.3. The van der Waals surface area contributed by atoms with Crippen LogP contribution in [0.5, 0.6) is 0 Å². The van der Waals surface area contributed by atoms with E-state index in [0.717, 1.165) is 25.8 Å². The van der Waals surface area contributed by atoms with Crippen LogP contribution in [0.3, 0.4) is 0 Å².